The van der Waals surface area contributed by atoms with Crippen molar-refractivity contribution >= 4 is 36.3 Å². The standard InChI is InChI=1S/C35H65N3O8.C8H18.C3H7NO.C2H6O.C2H4O.CH4O/c1-3-24-44-25-23-37-34(41)30-46-28-27-45-26-22-36-33(40)21-20-32(29-39)38-31(2)18-16-14-12-10-8-6-4-5-7-9-11-13-15-17-19-35(42)43;1-4-6-7-8(3)5-2;1-2-3(4)5;2*1-2-3;1-2/h29,32,38H,2-28,30H2,1H3,(H,36,40)(H,37,41)(H,42,43);8H,4-7H2,1-3H3;2H2,1H3,(H2,4,5);3H,2H2,1H3;2H,1H3;2H,1H3. The molecule has 0 aromatic carbocycles. The zero-order chi connectivity index (χ0) is 52.0. The predicted molar refractivity (Wildman–Crippen MR) is 273 cm³/mol. The van der Waals surface area contributed by atoms with Crippen molar-refractivity contribution in [3.63, 3.8) is 0 Å². The molecule has 16 nitrogen and oxygen atoms in total. The Kier molecular flexibility index (Phi) is 77.5. The molecule has 2 unspecified atom stereocenters. The number of aliphatic hydroxyl groups excluding tert-OH is 2. The first-order valence-corrected chi connectivity index (χ1v) is 25.4. The Hall–Kier alpha value is -3.44. The summed E-state index contributed by atoms with van der Waals surface area (Å²) >= 11 is 0. The SMILES string of the molecule is C=C(CCCCCCCCCCCCCCCCC(=O)O)NC(C=O)CCC(=O)NCCOCCOCC(=O)NCCOCCC.CC=O.CCC(N)=O.CCCCC(C)CC.CCO.CO. The number of hydrogen-bond donors (Lipinski definition) is 7. The first-order valence-electron chi connectivity index (χ1n) is 25.4. The number of ether oxygens (including phenoxy) is 3. The summed E-state index contributed by atoms with van der Waals surface area (Å²) in [6.07, 6.45) is 26.9. The van der Waals surface area contributed by atoms with Gasteiger partial charge >= 0.3 is 5.97 Å². The van der Waals surface area contributed by atoms with Gasteiger partial charge in [-0.05, 0) is 51.9 Å². The molecule has 0 spiro atoms. The molecule has 0 aliphatic heterocycles. The van der Waals surface area contributed by atoms with Gasteiger partial charge in [0.1, 0.15) is 19.2 Å². The van der Waals surface area contributed by atoms with Crippen LogP contribution in [0.2, 0.25) is 0 Å². The lowest BCUT2D eigenvalue weighted by Crippen LogP contribution is -2.33. The Bertz CT molecular complexity index is 1070. The number of primary amides is 1. The van der Waals surface area contributed by atoms with E-state index in [4.69, 9.17) is 34.3 Å². The molecule has 0 bridgehead atoms. The Morgan fingerprint density at radius 3 is 1.45 bits per heavy atom. The van der Waals surface area contributed by atoms with Crippen LogP contribution >= 0.6 is 0 Å². The van der Waals surface area contributed by atoms with E-state index in [-0.39, 0.29) is 44.0 Å². The highest BCUT2D eigenvalue weighted by Gasteiger charge is 2.11. The first kappa shape index (κ1) is 75.1. The molecule has 3 amide bonds. The van der Waals surface area contributed by atoms with Crippen molar-refractivity contribution in [2.45, 2.75) is 209 Å². The molecule has 16 heteroatoms. The number of unbranched alkanes of at least 4 members (excludes halogenated alkanes) is 14. The molecule has 0 aromatic rings. The molecular formula is C51H104N4O12. The van der Waals surface area contributed by atoms with Gasteiger partial charge in [0, 0.05) is 58.4 Å². The zero-order valence-electron chi connectivity index (χ0n) is 43.9. The normalized spacial score (nSPS) is 10.7. The molecule has 0 fully saturated rings. The van der Waals surface area contributed by atoms with Gasteiger partial charge in [-0.25, -0.2) is 0 Å². The maximum atomic E-state index is 12.1. The third-order valence-electron chi connectivity index (χ3n) is 9.54. The number of aldehydes is 2. The van der Waals surface area contributed by atoms with E-state index < -0.39 is 12.0 Å². The Labute approximate surface area is 408 Å². The fourth-order valence-electron chi connectivity index (χ4n) is 5.58. The van der Waals surface area contributed by atoms with Crippen molar-refractivity contribution in [1.29, 1.82) is 0 Å². The molecule has 0 saturated carbocycles. The van der Waals surface area contributed by atoms with E-state index in [1.165, 1.54) is 90.4 Å². The number of nitrogens with two attached hydrogens (primary N) is 1. The summed E-state index contributed by atoms with van der Waals surface area (Å²) in [5.41, 5.74) is 5.49. The summed E-state index contributed by atoms with van der Waals surface area (Å²) in [7, 11) is 1.00. The molecule has 0 aromatic heterocycles. The number of carbonyl (C=O) groups excluding carboxylic acids is 5. The second kappa shape index (κ2) is 69.1. The number of hydrogen-bond acceptors (Lipinski definition) is 12. The number of aliphatic hydroxyl groups is 2. The maximum absolute atomic E-state index is 12.1. The summed E-state index contributed by atoms with van der Waals surface area (Å²) in [6, 6.07) is -0.426. The highest BCUT2D eigenvalue weighted by atomic mass is 16.5. The van der Waals surface area contributed by atoms with Gasteiger partial charge in [-0.3, -0.25) is 19.2 Å². The molecule has 67 heavy (non-hydrogen) atoms. The van der Waals surface area contributed by atoms with E-state index in [2.05, 4.69) is 49.0 Å². The second-order valence-electron chi connectivity index (χ2n) is 15.9. The van der Waals surface area contributed by atoms with Crippen LogP contribution in [0.25, 0.3) is 0 Å². The number of carbonyl (C=O) groups is 6. The summed E-state index contributed by atoms with van der Waals surface area (Å²) in [5, 5.41) is 31.9. The number of nitrogens with one attached hydrogen (secondary N) is 3. The minimum Gasteiger partial charge on any atom is -0.481 e. The van der Waals surface area contributed by atoms with Crippen molar-refractivity contribution < 1.29 is 58.3 Å². The number of allylic oxidation sites excluding steroid dienone is 1. The van der Waals surface area contributed by atoms with E-state index in [1.54, 1.807) is 13.8 Å². The lowest BCUT2D eigenvalue weighted by atomic mass is 10.0. The summed E-state index contributed by atoms with van der Waals surface area (Å²) in [4.78, 5) is 64.1. The van der Waals surface area contributed by atoms with Crippen molar-refractivity contribution in [3.8, 4) is 0 Å². The van der Waals surface area contributed by atoms with Gasteiger partial charge in [0.25, 0.3) is 0 Å². The van der Waals surface area contributed by atoms with Crippen molar-refractivity contribution in [2.24, 2.45) is 11.7 Å². The average Bonchev–Trinajstić information content (AvgIpc) is 3.31. The van der Waals surface area contributed by atoms with E-state index >= 15 is 0 Å². The quantitative estimate of drug-likeness (QED) is 0.0225. The Balaban J connectivity index is -0.000000367. The van der Waals surface area contributed by atoms with E-state index in [9.17, 15) is 24.0 Å². The molecule has 0 aliphatic rings. The number of aliphatic carboxylic acids is 1. The van der Waals surface area contributed by atoms with Crippen LogP contribution in [0.4, 0.5) is 0 Å². The maximum Gasteiger partial charge on any atom is 0.303 e. The van der Waals surface area contributed by atoms with Crippen LogP contribution in [-0.2, 0) is 43.0 Å². The molecule has 400 valence electrons. The molecule has 2 atom stereocenters. The van der Waals surface area contributed by atoms with Crippen LogP contribution in [0.3, 0.4) is 0 Å². The number of rotatable bonds is 41. The summed E-state index contributed by atoms with van der Waals surface area (Å²) < 4.78 is 16.0. The van der Waals surface area contributed by atoms with Gasteiger partial charge in [0.05, 0.1) is 32.5 Å². The fourth-order valence-corrected chi connectivity index (χ4v) is 5.58. The molecule has 0 heterocycles. The lowest BCUT2D eigenvalue weighted by Gasteiger charge is -2.16. The highest BCUT2D eigenvalue weighted by Crippen LogP contribution is 2.15. The third kappa shape index (κ3) is 83.1. The van der Waals surface area contributed by atoms with Crippen LogP contribution in [0, 0.1) is 5.92 Å². The smallest absolute Gasteiger partial charge is 0.303 e. The largest absolute Gasteiger partial charge is 0.481 e. The Morgan fingerprint density at radius 2 is 1.04 bits per heavy atom. The van der Waals surface area contributed by atoms with Gasteiger partial charge in [0.2, 0.25) is 17.7 Å². The highest BCUT2D eigenvalue weighted by molar-refractivity contribution is 5.77. The van der Waals surface area contributed by atoms with Crippen LogP contribution in [0.1, 0.15) is 203 Å². The van der Waals surface area contributed by atoms with Gasteiger partial charge in [0.15, 0.2) is 0 Å². The van der Waals surface area contributed by atoms with Gasteiger partial charge < -0.3 is 60.8 Å². The van der Waals surface area contributed by atoms with Crippen LogP contribution in [0.15, 0.2) is 12.3 Å². The van der Waals surface area contributed by atoms with E-state index in [0.717, 1.165) is 76.2 Å². The van der Waals surface area contributed by atoms with Crippen LogP contribution in [0.5, 0.6) is 0 Å². The fraction of sp³-hybridized carbons (Fsp3) is 0.843. The molecule has 0 saturated heterocycles. The molecule has 0 rings (SSSR count). The van der Waals surface area contributed by atoms with Gasteiger partial charge in [-0.15, -0.1) is 0 Å². The first-order chi connectivity index (χ1) is 32.3. The van der Waals surface area contributed by atoms with Crippen molar-refractivity contribution in [2.75, 3.05) is 66.4 Å². The summed E-state index contributed by atoms with van der Waals surface area (Å²) in [6.45, 7) is 20.9. The average molecular weight is 965 g/mol. The third-order valence-corrected chi connectivity index (χ3v) is 9.54. The zero-order valence-corrected chi connectivity index (χ0v) is 43.9. The number of carboxylic acids is 1. The Morgan fingerprint density at radius 1 is 0.627 bits per heavy atom. The van der Waals surface area contributed by atoms with Crippen LogP contribution < -0.4 is 21.7 Å². The minimum absolute atomic E-state index is 0.0315. The minimum atomic E-state index is -0.689. The topological polar surface area (TPSA) is 253 Å². The van der Waals surface area contributed by atoms with Gasteiger partial charge in [-0.2, -0.15) is 0 Å². The lowest BCUT2D eigenvalue weighted by molar-refractivity contribution is -0.137. The molecule has 0 aliphatic carbocycles. The number of amides is 3. The van der Waals surface area contributed by atoms with E-state index in [0.29, 0.717) is 58.8 Å². The van der Waals surface area contributed by atoms with Gasteiger partial charge in [-0.1, -0.05) is 144 Å². The monoisotopic (exact) mass is 965 g/mol. The van der Waals surface area contributed by atoms with Crippen LogP contribution in [-0.4, -0.2) is 124 Å². The van der Waals surface area contributed by atoms with Crippen molar-refractivity contribution in [1.82, 2.24) is 16.0 Å². The number of carboxylic acid groups (broad SMARTS) is 1. The second-order valence-corrected chi connectivity index (χ2v) is 15.9. The molecular weight excluding hydrogens is 861 g/mol. The molecule has 8 N–H and O–H groups in total. The predicted octanol–water partition coefficient (Wildman–Crippen LogP) is 8.37. The van der Waals surface area contributed by atoms with E-state index in [1.807, 2.05) is 6.92 Å². The van der Waals surface area contributed by atoms with Crippen molar-refractivity contribution in [3.05, 3.63) is 12.3 Å². The summed E-state index contributed by atoms with van der Waals surface area (Å²) in [5.74, 6) is -0.311. The molecule has 0 radical (unpaired) electrons.